The molecule has 2 aromatic carbocycles. The quantitative estimate of drug-likeness (QED) is 0.578. The molecule has 31 heavy (non-hydrogen) atoms. The van der Waals surface area contributed by atoms with Crippen LogP contribution in [0.3, 0.4) is 0 Å². The Morgan fingerprint density at radius 1 is 1.03 bits per heavy atom. The van der Waals surface area contributed by atoms with Gasteiger partial charge in [-0.3, -0.25) is 9.59 Å². The van der Waals surface area contributed by atoms with E-state index < -0.39 is 0 Å². The van der Waals surface area contributed by atoms with Crippen molar-refractivity contribution < 1.29 is 14.3 Å². The molecule has 0 saturated carbocycles. The molecule has 0 spiro atoms. The molecular weight excluding hydrogens is 436 g/mol. The van der Waals surface area contributed by atoms with Gasteiger partial charge in [0.1, 0.15) is 5.75 Å². The fraction of sp³-hybridized carbons (Fsp3) is 0.182. The number of hydrogen-bond acceptors (Lipinski definition) is 6. The Balaban J connectivity index is 1.82. The Bertz CT molecular complexity index is 1190. The number of benzene rings is 2. The zero-order chi connectivity index (χ0) is 22.1. The number of allylic oxidation sites excluding steroid dienone is 1. The second-order valence-electron chi connectivity index (χ2n) is 6.91. The molecule has 0 N–H and O–H groups in total. The normalized spacial score (nSPS) is 13.2. The van der Waals surface area contributed by atoms with Crippen molar-refractivity contribution in [2.24, 2.45) is 0 Å². The smallest absolute Gasteiger partial charge is 0.243 e. The molecule has 9 heteroatoms. The summed E-state index contributed by atoms with van der Waals surface area (Å²) >= 11 is 7.25. The van der Waals surface area contributed by atoms with E-state index >= 15 is 0 Å². The predicted molar refractivity (Wildman–Crippen MR) is 120 cm³/mol. The van der Waals surface area contributed by atoms with Crippen LogP contribution in [0.2, 0.25) is 5.02 Å². The fourth-order valence-electron chi connectivity index (χ4n) is 3.33. The van der Waals surface area contributed by atoms with Crippen LogP contribution in [0.4, 0.5) is 0 Å². The number of amides is 1. The van der Waals surface area contributed by atoms with Crippen molar-refractivity contribution in [2.45, 2.75) is 25.4 Å². The molecule has 0 bridgehead atoms. The van der Waals surface area contributed by atoms with Crippen molar-refractivity contribution in [2.75, 3.05) is 12.1 Å². The van der Waals surface area contributed by atoms with Crippen molar-refractivity contribution in [1.29, 1.82) is 0 Å². The Labute approximate surface area is 188 Å². The first-order valence-corrected chi connectivity index (χ1v) is 10.7. The van der Waals surface area contributed by atoms with Crippen molar-refractivity contribution in [3.63, 3.8) is 0 Å². The van der Waals surface area contributed by atoms with Gasteiger partial charge in [-0.05, 0) is 48.5 Å². The highest BCUT2D eigenvalue weighted by molar-refractivity contribution is 8.04. The van der Waals surface area contributed by atoms with Gasteiger partial charge >= 0.3 is 0 Å². The average molecular weight is 455 g/mol. The number of thioether (sulfide) groups is 1. The number of hydrogen-bond donors (Lipinski definition) is 0. The number of halogens is 1. The first-order valence-electron chi connectivity index (χ1n) is 9.46. The molecule has 1 aliphatic rings. The molecule has 0 fully saturated rings. The third-order valence-electron chi connectivity index (χ3n) is 4.75. The summed E-state index contributed by atoms with van der Waals surface area (Å²) in [5.74, 6) is 0.914. The summed E-state index contributed by atoms with van der Waals surface area (Å²) in [4.78, 5) is 25.7. The maximum atomic E-state index is 12.8. The second-order valence-corrected chi connectivity index (χ2v) is 8.32. The van der Waals surface area contributed by atoms with Crippen molar-refractivity contribution in [3.05, 3.63) is 75.4 Å². The van der Waals surface area contributed by atoms with Crippen LogP contribution in [0.15, 0.2) is 58.6 Å². The van der Waals surface area contributed by atoms with Crippen LogP contribution in [0, 0.1) is 0 Å². The van der Waals surface area contributed by atoms with Gasteiger partial charge in [-0.2, -0.15) is 0 Å². The lowest BCUT2D eigenvalue weighted by molar-refractivity contribution is -0.117. The lowest BCUT2D eigenvalue weighted by atomic mass is 10.1. The molecule has 1 amide bonds. The van der Waals surface area contributed by atoms with Crippen LogP contribution in [0.1, 0.15) is 30.8 Å². The predicted octanol–water partition coefficient (Wildman–Crippen LogP) is 4.08. The highest BCUT2D eigenvalue weighted by Crippen LogP contribution is 2.40. The van der Waals surface area contributed by atoms with Crippen LogP contribution >= 0.6 is 23.4 Å². The SMILES string of the molecule is COc1ccc(Cc2nnc3n2N(C(C)=O)C(c2ccc(Cl)cc2)=C(C(C)=O)S3)cc1. The number of rotatable bonds is 5. The van der Waals surface area contributed by atoms with Gasteiger partial charge in [0, 0.05) is 23.9 Å². The Morgan fingerprint density at radius 2 is 1.71 bits per heavy atom. The van der Waals surface area contributed by atoms with E-state index in [4.69, 9.17) is 16.3 Å². The minimum Gasteiger partial charge on any atom is -0.497 e. The Kier molecular flexibility index (Phi) is 5.84. The fourth-order valence-corrected chi connectivity index (χ4v) is 4.44. The monoisotopic (exact) mass is 454 g/mol. The first kappa shape index (κ1) is 21.1. The molecule has 3 aromatic rings. The second kappa shape index (κ2) is 8.56. The number of fused-ring (bicyclic) bond motifs is 1. The molecule has 1 aromatic heterocycles. The van der Waals surface area contributed by atoms with E-state index in [1.54, 1.807) is 36.1 Å². The summed E-state index contributed by atoms with van der Waals surface area (Å²) < 4.78 is 6.89. The van der Waals surface area contributed by atoms with Crippen LogP contribution in [-0.4, -0.2) is 33.7 Å². The number of carbonyl (C=O) groups excluding carboxylic acids is 2. The summed E-state index contributed by atoms with van der Waals surface area (Å²) in [6, 6.07) is 14.6. The summed E-state index contributed by atoms with van der Waals surface area (Å²) in [7, 11) is 1.61. The van der Waals surface area contributed by atoms with Crippen LogP contribution in [-0.2, 0) is 16.0 Å². The van der Waals surface area contributed by atoms with Crippen molar-refractivity contribution in [3.8, 4) is 5.75 Å². The van der Waals surface area contributed by atoms with Crippen molar-refractivity contribution in [1.82, 2.24) is 14.9 Å². The molecule has 7 nitrogen and oxygen atoms in total. The van der Waals surface area contributed by atoms with E-state index in [9.17, 15) is 9.59 Å². The maximum Gasteiger partial charge on any atom is 0.243 e. The van der Waals surface area contributed by atoms with Gasteiger partial charge in [0.05, 0.1) is 17.7 Å². The molecule has 1 aliphatic heterocycles. The highest BCUT2D eigenvalue weighted by Gasteiger charge is 2.34. The summed E-state index contributed by atoms with van der Waals surface area (Å²) in [6.07, 6.45) is 0.449. The van der Waals surface area contributed by atoms with Gasteiger partial charge in [-0.15, -0.1) is 10.2 Å². The number of methoxy groups -OCH3 is 1. The van der Waals surface area contributed by atoms with Crippen LogP contribution in [0.25, 0.3) is 5.70 Å². The topological polar surface area (TPSA) is 77.3 Å². The lowest BCUT2D eigenvalue weighted by Crippen LogP contribution is -2.41. The van der Waals surface area contributed by atoms with Gasteiger partial charge in [0.2, 0.25) is 11.1 Å². The molecule has 4 rings (SSSR count). The third kappa shape index (κ3) is 4.08. The minimum atomic E-state index is -0.263. The first-order chi connectivity index (χ1) is 14.9. The van der Waals surface area contributed by atoms with Gasteiger partial charge in [-0.1, -0.05) is 35.9 Å². The van der Waals surface area contributed by atoms with Gasteiger partial charge in [-0.25, -0.2) is 9.69 Å². The number of Topliss-reactive ketones (excluding diaryl/α,β-unsaturated/α-hetero) is 1. The number of aromatic nitrogens is 3. The Hall–Kier alpha value is -3.10. The number of ether oxygens (including phenoxy) is 1. The Morgan fingerprint density at radius 3 is 2.29 bits per heavy atom. The van der Waals surface area contributed by atoms with E-state index in [-0.39, 0.29) is 11.7 Å². The van der Waals surface area contributed by atoms with Gasteiger partial charge < -0.3 is 4.74 Å². The maximum absolute atomic E-state index is 12.8. The zero-order valence-electron chi connectivity index (χ0n) is 17.1. The lowest BCUT2D eigenvalue weighted by Gasteiger charge is -2.32. The van der Waals surface area contributed by atoms with Crippen LogP contribution in [0.5, 0.6) is 5.75 Å². The zero-order valence-corrected chi connectivity index (χ0v) is 18.7. The molecule has 0 aliphatic carbocycles. The van der Waals surface area contributed by atoms with E-state index in [0.29, 0.717) is 38.6 Å². The van der Waals surface area contributed by atoms with E-state index in [0.717, 1.165) is 11.3 Å². The summed E-state index contributed by atoms with van der Waals surface area (Å²) in [6.45, 7) is 2.92. The number of nitrogens with zero attached hydrogens (tertiary/aromatic N) is 4. The number of carbonyl (C=O) groups is 2. The van der Waals surface area contributed by atoms with E-state index in [1.165, 1.54) is 30.6 Å². The van der Waals surface area contributed by atoms with E-state index in [2.05, 4.69) is 10.2 Å². The molecule has 0 saturated heterocycles. The van der Waals surface area contributed by atoms with E-state index in [1.807, 2.05) is 24.3 Å². The standard InChI is InChI=1S/C22H19ClN4O3S/c1-13(28)21-20(16-6-8-17(23)9-7-16)26(14(2)29)27-19(24-25-22(27)31-21)12-15-4-10-18(30-3)11-5-15/h4-11H,12H2,1-3H3. The van der Waals surface area contributed by atoms with Crippen molar-refractivity contribution >= 4 is 40.8 Å². The third-order valence-corrected chi connectivity index (χ3v) is 6.13. The summed E-state index contributed by atoms with van der Waals surface area (Å²) in [5, 5.41) is 11.0. The molecule has 0 unspecified atom stereocenters. The molecule has 0 atom stereocenters. The molecule has 0 radical (unpaired) electrons. The largest absolute Gasteiger partial charge is 0.497 e. The average Bonchev–Trinajstić information content (AvgIpc) is 3.15. The number of ketones is 1. The molecule has 2 heterocycles. The summed E-state index contributed by atoms with van der Waals surface area (Å²) in [5.41, 5.74) is 2.18. The van der Waals surface area contributed by atoms with Gasteiger partial charge in [0.25, 0.3) is 0 Å². The molecular formula is C22H19ClN4O3S. The van der Waals surface area contributed by atoms with Gasteiger partial charge in [0.15, 0.2) is 11.6 Å². The molecule has 158 valence electrons. The highest BCUT2D eigenvalue weighted by atomic mass is 35.5. The minimum absolute atomic E-state index is 0.160. The van der Waals surface area contributed by atoms with Crippen LogP contribution < -0.4 is 9.75 Å².